The highest BCUT2D eigenvalue weighted by molar-refractivity contribution is 5.97. The first-order valence-electron chi connectivity index (χ1n) is 10.2. The minimum absolute atomic E-state index is 0.0639. The zero-order valence-corrected chi connectivity index (χ0v) is 18.6. The monoisotopic (exact) mass is 483 g/mol. The van der Waals surface area contributed by atoms with E-state index in [0.717, 1.165) is 23.1 Å². The number of anilines is 1. The van der Waals surface area contributed by atoms with E-state index in [0.29, 0.717) is 18.7 Å². The summed E-state index contributed by atoms with van der Waals surface area (Å²) < 4.78 is 48.3. The summed E-state index contributed by atoms with van der Waals surface area (Å²) >= 11 is 0. The molecule has 0 aromatic heterocycles. The number of hydrogen-bond donors (Lipinski definition) is 1. The van der Waals surface area contributed by atoms with Crippen molar-refractivity contribution in [1.82, 2.24) is 4.90 Å². The van der Waals surface area contributed by atoms with Crippen molar-refractivity contribution in [3.63, 3.8) is 0 Å². The summed E-state index contributed by atoms with van der Waals surface area (Å²) in [6, 6.07) is 7.92. The molecule has 2 aromatic rings. The number of nitrogens with zero attached hydrogens (tertiary/aromatic N) is 2. The van der Waals surface area contributed by atoms with Gasteiger partial charge in [0.15, 0.2) is 0 Å². The number of halogens is 3. The summed E-state index contributed by atoms with van der Waals surface area (Å²) in [5.74, 6) is -1.45. The van der Waals surface area contributed by atoms with Gasteiger partial charge in [-0.1, -0.05) is 12.1 Å². The molecule has 0 saturated heterocycles. The molecule has 0 heterocycles. The Labute approximate surface area is 193 Å². The molecular weight excluding hydrogens is 459 g/mol. The van der Waals surface area contributed by atoms with Crippen molar-refractivity contribution in [2.24, 2.45) is 0 Å². The number of nitro groups is 1. The number of amides is 1. The first-order valence-corrected chi connectivity index (χ1v) is 10.2. The van der Waals surface area contributed by atoms with E-state index in [9.17, 15) is 32.9 Å². The summed E-state index contributed by atoms with van der Waals surface area (Å²) in [5, 5.41) is 14.3. The summed E-state index contributed by atoms with van der Waals surface area (Å²) in [4.78, 5) is 37.1. The zero-order valence-electron chi connectivity index (χ0n) is 18.6. The minimum atomic E-state index is -4.52. The van der Waals surface area contributed by atoms with Crippen LogP contribution in [0, 0.1) is 10.1 Å². The molecule has 184 valence electrons. The average molecular weight is 483 g/mol. The highest BCUT2D eigenvalue weighted by Crippen LogP contribution is 2.30. The lowest BCUT2D eigenvalue weighted by Crippen LogP contribution is -2.36. The van der Waals surface area contributed by atoms with E-state index in [4.69, 9.17) is 9.47 Å². The number of esters is 1. The van der Waals surface area contributed by atoms with Crippen molar-refractivity contribution in [3.8, 4) is 0 Å². The summed E-state index contributed by atoms with van der Waals surface area (Å²) in [5.41, 5.74) is -0.768. The molecule has 0 saturated carbocycles. The summed E-state index contributed by atoms with van der Waals surface area (Å²) in [6.45, 7) is 1.55. The van der Waals surface area contributed by atoms with Crippen LogP contribution >= 0.6 is 0 Å². The Hall–Kier alpha value is -3.67. The van der Waals surface area contributed by atoms with Crippen molar-refractivity contribution in [1.29, 1.82) is 0 Å². The molecule has 34 heavy (non-hydrogen) atoms. The molecule has 0 aliphatic carbocycles. The largest absolute Gasteiger partial charge is 0.465 e. The van der Waals surface area contributed by atoms with Crippen LogP contribution in [0.1, 0.15) is 28.4 Å². The second-order valence-corrected chi connectivity index (χ2v) is 7.07. The first kappa shape index (κ1) is 26.6. The molecule has 1 N–H and O–H groups in total. The minimum Gasteiger partial charge on any atom is -0.465 e. The van der Waals surface area contributed by atoms with Crippen molar-refractivity contribution in [3.05, 3.63) is 69.3 Å². The van der Waals surface area contributed by atoms with E-state index >= 15 is 0 Å². The molecule has 0 bridgehead atoms. The quantitative estimate of drug-likeness (QED) is 0.224. The lowest BCUT2D eigenvalue weighted by Gasteiger charge is -2.22. The molecule has 0 spiro atoms. The van der Waals surface area contributed by atoms with Gasteiger partial charge in [0.1, 0.15) is 12.2 Å². The number of hydrogen-bond acceptors (Lipinski definition) is 7. The van der Waals surface area contributed by atoms with Gasteiger partial charge >= 0.3 is 12.1 Å². The van der Waals surface area contributed by atoms with Crippen LogP contribution in [0.15, 0.2) is 42.5 Å². The number of benzene rings is 2. The Balaban J connectivity index is 2.32. The Kier molecular flexibility index (Phi) is 9.36. The molecule has 0 atom stereocenters. The highest BCUT2D eigenvalue weighted by Gasteiger charge is 2.30. The van der Waals surface area contributed by atoms with Gasteiger partial charge in [-0.25, -0.2) is 0 Å². The van der Waals surface area contributed by atoms with E-state index < -0.39 is 35.1 Å². The van der Waals surface area contributed by atoms with E-state index in [1.54, 1.807) is 6.92 Å². The molecule has 9 nitrogen and oxygen atoms in total. The van der Waals surface area contributed by atoms with Crippen molar-refractivity contribution in [2.45, 2.75) is 19.6 Å². The van der Waals surface area contributed by atoms with Crippen LogP contribution in [-0.2, 0) is 27.0 Å². The number of carbonyl (C=O) groups is 2. The van der Waals surface area contributed by atoms with Gasteiger partial charge in [0.05, 0.1) is 23.7 Å². The number of nitro benzene ring substituents is 1. The maximum atomic E-state index is 13.1. The maximum Gasteiger partial charge on any atom is 0.416 e. The van der Waals surface area contributed by atoms with E-state index in [2.05, 4.69) is 5.32 Å². The first-order chi connectivity index (χ1) is 16.1. The predicted molar refractivity (Wildman–Crippen MR) is 116 cm³/mol. The normalized spacial score (nSPS) is 11.1. The van der Waals surface area contributed by atoms with Crippen LogP contribution in [0.4, 0.5) is 24.5 Å². The summed E-state index contributed by atoms with van der Waals surface area (Å²) in [6.07, 6.45) is -4.52. The fraction of sp³-hybridized carbons (Fsp3) is 0.364. The number of nitrogens with one attached hydrogen (secondary N) is 1. The van der Waals surface area contributed by atoms with Crippen molar-refractivity contribution < 1.29 is 37.2 Å². The molecular formula is C22H24F3N3O6. The fourth-order valence-corrected chi connectivity index (χ4v) is 3.02. The zero-order chi connectivity index (χ0) is 25.3. The molecule has 12 heteroatoms. The number of methoxy groups -OCH3 is 1. The van der Waals surface area contributed by atoms with E-state index in [1.165, 1.54) is 31.4 Å². The van der Waals surface area contributed by atoms with Crippen LogP contribution in [-0.4, -0.2) is 55.1 Å². The topological polar surface area (TPSA) is 111 Å². The van der Waals surface area contributed by atoms with Crippen LogP contribution in [0.5, 0.6) is 0 Å². The third-order valence-electron chi connectivity index (χ3n) is 4.63. The van der Waals surface area contributed by atoms with Gasteiger partial charge in [0.25, 0.3) is 11.6 Å². The van der Waals surface area contributed by atoms with Gasteiger partial charge in [0.2, 0.25) is 0 Å². The molecule has 0 radical (unpaired) electrons. The standard InChI is InChI=1S/C22H24F3N3O6/c1-3-34-20(29)14-27(13-15-4-7-17(8-5-15)22(23,24)25)21(30)16-6-9-18(26-10-11-33-2)19(12-16)28(31)32/h4-9,12,26H,3,10-11,13-14H2,1-2H3. The fourth-order valence-electron chi connectivity index (χ4n) is 3.02. The van der Waals surface area contributed by atoms with Crippen LogP contribution in [0.2, 0.25) is 0 Å². The molecule has 0 fully saturated rings. The molecule has 0 unspecified atom stereocenters. The average Bonchev–Trinajstić information content (AvgIpc) is 2.78. The number of rotatable bonds is 11. The number of alkyl halides is 3. The number of carbonyl (C=O) groups excluding carboxylic acids is 2. The Bertz CT molecular complexity index is 1010. The molecule has 0 aliphatic heterocycles. The Morgan fingerprint density at radius 1 is 1.15 bits per heavy atom. The molecule has 2 rings (SSSR count). The Morgan fingerprint density at radius 3 is 2.38 bits per heavy atom. The van der Waals surface area contributed by atoms with E-state index in [-0.39, 0.29) is 30.1 Å². The third kappa shape index (κ3) is 7.44. The van der Waals surface area contributed by atoms with Gasteiger partial charge in [-0.3, -0.25) is 19.7 Å². The molecule has 2 aromatic carbocycles. The third-order valence-corrected chi connectivity index (χ3v) is 4.63. The molecule has 1 amide bonds. The lowest BCUT2D eigenvalue weighted by molar-refractivity contribution is -0.384. The Morgan fingerprint density at radius 2 is 1.82 bits per heavy atom. The van der Waals surface area contributed by atoms with Gasteiger partial charge in [0, 0.05) is 31.8 Å². The van der Waals surface area contributed by atoms with Gasteiger partial charge in [-0.15, -0.1) is 0 Å². The second kappa shape index (κ2) is 12.0. The maximum absolute atomic E-state index is 13.1. The van der Waals surface area contributed by atoms with Crippen molar-refractivity contribution >= 4 is 23.3 Å². The van der Waals surface area contributed by atoms with E-state index in [1.807, 2.05) is 0 Å². The lowest BCUT2D eigenvalue weighted by atomic mass is 10.1. The smallest absolute Gasteiger partial charge is 0.416 e. The summed E-state index contributed by atoms with van der Waals surface area (Å²) in [7, 11) is 1.48. The van der Waals surface area contributed by atoms with Crippen LogP contribution < -0.4 is 5.32 Å². The molecule has 0 aliphatic rings. The van der Waals surface area contributed by atoms with Gasteiger partial charge in [-0.2, -0.15) is 13.2 Å². The van der Waals surface area contributed by atoms with Gasteiger partial charge < -0.3 is 19.7 Å². The second-order valence-electron chi connectivity index (χ2n) is 7.07. The van der Waals surface area contributed by atoms with Gasteiger partial charge in [-0.05, 0) is 36.8 Å². The predicted octanol–water partition coefficient (Wildman–Crippen LogP) is 3.88. The highest BCUT2D eigenvalue weighted by atomic mass is 19.4. The van der Waals surface area contributed by atoms with Crippen LogP contribution in [0.25, 0.3) is 0 Å². The SMILES string of the molecule is CCOC(=O)CN(Cc1ccc(C(F)(F)F)cc1)C(=O)c1ccc(NCCOC)c([N+](=O)[O-])c1. The van der Waals surface area contributed by atoms with Crippen LogP contribution in [0.3, 0.4) is 0 Å². The van der Waals surface area contributed by atoms with Crippen molar-refractivity contribution in [2.75, 3.05) is 38.7 Å². The number of ether oxygens (including phenoxy) is 2.